The third-order valence-electron chi connectivity index (χ3n) is 1.52. The minimum absolute atomic E-state index is 0.000437. The van der Waals surface area contributed by atoms with Gasteiger partial charge in [0.15, 0.2) is 0 Å². The van der Waals surface area contributed by atoms with E-state index in [0.29, 0.717) is 6.54 Å². The Hall–Kier alpha value is -0.540. The third-order valence-corrected chi connectivity index (χ3v) is 1.70. The molecule has 0 aliphatic carbocycles. The van der Waals surface area contributed by atoms with E-state index in [-0.39, 0.29) is 17.5 Å². The van der Waals surface area contributed by atoms with Crippen LogP contribution in [0.25, 0.3) is 0 Å². The van der Waals surface area contributed by atoms with Crippen LogP contribution in [0.15, 0.2) is 11.6 Å². The van der Waals surface area contributed by atoms with Crippen molar-refractivity contribution in [2.75, 3.05) is 6.54 Å². The van der Waals surface area contributed by atoms with E-state index in [0.717, 1.165) is 0 Å². The van der Waals surface area contributed by atoms with Gasteiger partial charge in [0.2, 0.25) is 5.91 Å². The second kappa shape index (κ2) is 6.04. The lowest BCUT2D eigenvalue weighted by atomic mass is 10.1. The highest BCUT2D eigenvalue weighted by molar-refractivity contribution is 6.25. The van der Waals surface area contributed by atoms with E-state index in [1.807, 2.05) is 27.7 Å². The maximum absolute atomic E-state index is 11.5. The van der Waals surface area contributed by atoms with Crippen molar-refractivity contribution in [2.45, 2.75) is 39.3 Å². The number of hydrogen-bond acceptors (Lipinski definition) is 2. The van der Waals surface area contributed by atoms with Gasteiger partial charge < -0.3 is 10.6 Å². The lowest BCUT2D eigenvalue weighted by Crippen LogP contribution is -2.49. The van der Waals surface area contributed by atoms with Gasteiger partial charge in [-0.2, -0.15) is 0 Å². The minimum Gasteiger partial charge on any atom is -0.350 e. The van der Waals surface area contributed by atoms with Gasteiger partial charge in [-0.25, -0.2) is 0 Å². The standard InChI is InChI=1S/C10H19ClN2O/c1-8(12-7-5-6-11)9(14)13-10(2,3)4/h5-6,8,12H,7H2,1-4H3,(H,13,14)/b6-5+. The quantitative estimate of drug-likeness (QED) is 0.753. The second-order valence-electron chi connectivity index (χ2n) is 4.23. The molecule has 0 bridgehead atoms. The summed E-state index contributed by atoms with van der Waals surface area (Å²) in [6.07, 6.45) is 1.75. The SMILES string of the molecule is CC(NC/C=C/Cl)C(=O)NC(C)(C)C. The first-order valence-corrected chi connectivity index (χ1v) is 5.11. The maximum Gasteiger partial charge on any atom is 0.237 e. The monoisotopic (exact) mass is 218 g/mol. The Labute approximate surface area is 90.9 Å². The van der Waals surface area contributed by atoms with Crippen LogP contribution in [-0.2, 0) is 4.79 Å². The largest absolute Gasteiger partial charge is 0.350 e. The van der Waals surface area contributed by atoms with Crippen molar-refractivity contribution >= 4 is 17.5 Å². The molecule has 0 aromatic carbocycles. The number of rotatable bonds is 4. The molecule has 0 fully saturated rings. The summed E-state index contributed by atoms with van der Waals surface area (Å²) in [6, 6.07) is -0.206. The molecule has 1 amide bonds. The zero-order valence-corrected chi connectivity index (χ0v) is 9.98. The molecular weight excluding hydrogens is 200 g/mol. The van der Waals surface area contributed by atoms with Crippen LogP contribution < -0.4 is 10.6 Å². The van der Waals surface area contributed by atoms with Crippen molar-refractivity contribution in [3.8, 4) is 0 Å². The van der Waals surface area contributed by atoms with Crippen molar-refractivity contribution in [2.24, 2.45) is 0 Å². The molecule has 0 saturated carbocycles. The topological polar surface area (TPSA) is 41.1 Å². The van der Waals surface area contributed by atoms with Crippen molar-refractivity contribution < 1.29 is 4.79 Å². The van der Waals surface area contributed by atoms with E-state index in [2.05, 4.69) is 10.6 Å². The van der Waals surface area contributed by atoms with Crippen LogP contribution in [0.1, 0.15) is 27.7 Å². The number of carbonyl (C=O) groups excluding carboxylic acids is 1. The van der Waals surface area contributed by atoms with Gasteiger partial charge >= 0.3 is 0 Å². The van der Waals surface area contributed by atoms with E-state index in [1.165, 1.54) is 5.54 Å². The molecule has 1 unspecified atom stereocenters. The molecule has 4 heteroatoms. The minimum atomic E-state index is -0.206. The average molecular weight is 219 g/mol. The summed E-state index contributed by atoms with van der Waals surface area (Å²) in [5.41, 5.74) is 1.25. The Morgan fingerprint density at radius 1 is 1.50 bits per heavy atom. The number of carbonyl (C=O) groups is 1. The van der Waals surface area contributed by atoms with E-state index in [1.54, 1.807) is 6.08 Å². The van der Waals surface area contributed by atoms with Gasteiger partial charge in [-0.15, -0.1) is 0 Å². The zero-order valence-electron chi connectivity index (χ0n) is 9.23. The summed E-state index contributed by atoms with van der Waals surface area (Å²) in [6.45, 7) is 8.29. The molecule has 0 radical (unpaired) electrons. The Bertz CT molecular complexity index is 209. The Morgan fingerprint density at radius 3 is 2.50 bits per heavy atom. The number of nitrogens with one attached hydrogen (secondary N) is 2. The fourth-order valence-corrected chi connectivity index (χ4v) is 0.949. The second-order valence-corrected chi connectivity index (χ2v) is 4.48. The summed E-state index contributed by atoms with van der Waals surface area (Å²) in [5, 5.41) is 5.91. The molecule has 0 aromatic rings. The molecule has 0 saturated heterocycles. The van der Waals surface area contributed by atoms with Crippen LogP contribution in [0.5, 0.6) is 0 Å². The van der Waals surface area contributed by atoms with Gasteiger partial charge in [-0.05, 0) is 27.7 Å². The molecule has 14 heavy (non-hydrogen) atoms. The zero-order chi connectivity index (χ0) is 11.2. The molecule has 2 N–H and O–H groups in total. The van der Waals surface area contributed by atoms with E-state index < -0.39 is 0 Å². The molecule has 0 heterocycles. The van der Waals surface area contributed by atoms with Gasteiger partial charge in [0.1, 0.15) is 0 Å². The summed E-state index contributed by atoms with van der Waals surface area (Å²) in [7, 11) is 0. The van der Waals surface area contributed by atoms with E-state index >= 15 is 0 Å². The smallest absolute Gasteiger partial charge is 0.237 e. The molecule has 0 aromatic heterocycles. The fraction of sp³-hybridized carbons (Fsp3) is 0.700. The first-order chi connectivity index (χ1) is 6.37. The Morgan fingerprint density at radius 2 is 2.07 bits per heavy atom. The summed E-state index contributed by atoms with van der Waals surface area (Å²) in [5.74, 6) is 0.000437. The van der Waals surface area contributed by atoms with Crippen LogP contribution in [-0.4, -0.2) is 24.0 Å². The van der Waals surface area contributed by atoms with Gasteiger partial charge in [-0.1, -0.05) is 17.7 Å². The fourth-order valence-electron chi connectivity index (χ4n) is 0.860. The van der Waals surface area contributed by atoms with Crippen LogP contribution in [0.4, 0.5) is 0 Å². The van der Waals surface area contributed by atoms with Gasteiger partial charge in [0, 0.05) is 17.6 Å². The van der Waals surface area contributed by atoms with Crippen LogP contribution in [0, 0.1) is 0 Å². The van der Waals surface area contributed by atoms with E-state index in [9.17, 15) is 4.79 Å². The molecule has 1 atom stereocenters. The third kappa shape index (κ3) is 6.92. The molecule has 0 rings (SSSR count). The van der Waals surface area contributed by atoms with Crippen molar-refractivity contribution in [1.29, 1.82) is 0 Å². The van der Waals surface area contributed by atoms with Gasteiger partial charge in [0.25, 0.3) is 0 Å². The molecule has 3 nitrogen and oxygen atoms in total. The van der Waals surface area contributed by atoms with Crippen LogP contribution in [0.3, 0.4) is 0 Å². The molecule has 0 spiro atoms. The predicted octanol–water partition coefficient (Wildman–Crippen LogP) is 1.63. The Balaban J connectivity index is 3.88. The summed E-state index contributed by atoms with van der Waals surface area (Å²) in [4.78, 5) is 11.5. The lowest BCUT2D eigenvalue weighted by molar-refractivity contribution is -0.124. The number of amides is 1. The first-order valence-electron chi connectivity index (χ1n) is 4.67. The highest BCUT2D eigenvalue weighted by atomic mass is 35.5. The van der Waals surface area contributed by atoms with Crippen molar-refractivity contribution in [3.63, 3.8) is 0 Å². The molecule has 0 aliphatic heterocycles. The highest BCUT2D eigenvalue weighted by Crippen LogP contribution is 1.99. The van der Waals surface area contributed by atoms with Crippen molar-refractivity contribution in [1.82, 2.24) is 10.6 Å². The molecular formula is C10H19ClN2O. The lowest BCUT2D eigenvalue weighted by Gasteiger charge is -2.23. The molecule has 82 valence electrons. The van der Waals surface area contributed by atoms with Crippen LogP contribution >= 0.6 is 11.6 Å². The summed E-state index contributed by atoms with van der Waals surface area (Å²) >= 11 is 5.35. The number of hydrogen-bond donors (Lipinski definition) is 2. The first kappa shape index (κ1) is 13.5. The van der Waals surface area contributed by atoms with Crippen LogP contribution in [0.2, 0.25) is 0 Å². The average Bonchev–Trinajstić information content (AvgIpc) is 2.01. The van der Waals surface area contributed by atoms with Crippen molar-refractivity contribution in [3.05, 3.63) is 11.6 Å². The predicted molar refractivity (Wildman–Crippen MR) is 60.4 cm³/mol. The Kier molecular flexibility index (Phi) is 5.81. The number of halogens is 1. The maximum atomic E-state index is 11.5. The summed E-state index contributed by atoms with van der Waals surface area (Å²) < 4.78 is 0. The van der Waals surface area contributed by atoms with E-state index in [4.69, 9.17) is 11.6 Å². The highest BCUT2D eigenvalue weighted by Gasteiger charge is 2.17. The normalized spacial score (nSPS) is 14.4. The molecule has 0 aliphatic rings. The van der Waals surface area contributed by atoms with Gasteiger partial charge in [0.05, 0.1) is 6.04 Å². The van der Waals surface area contributed by atoms with Gasteiger partial charge in [-0.3, -0.25) is 4.79 Å².